The number of fused-ring (bicyclic) bond motifs is 1. The van der Waals surface area contributed by atoms with Crippen LogP contribution >= 0.6 is 11.3 Å². The van der Waals surface area contributed by atoms with Crippen molar-refractivity contribution in [2.75, 3.05) is 37.9 Å². The van der Waals surface area contributed by atoms with Gasteiger partial charge in [-0.05, 0) is 42.5 Å². The maximum absolute atomic E-state index is 12.7. The molecule has 0 atom stereocenters. The molecule has 9 nitrogen and oxygen atoms in total. The van der Waals surface area contributed by atoms with E-state index in [0.29, 0.717) is 41.7 Å². The number of hydrogen-bond acceptors (Lipinski definition) is 8. The Morgan fingerprint density at radius 3 is 2.32 bits per heavy atom. The lowest BCUT2D eigenvalue weighted by Crippen LogP contribution is -2.40. The molecule has 0 saturated carbocycles. The Kier molecular flexibility index (Phi) is 5.83. The second-order valence-electron chi connectivity index (χ2n) is 6.92. The lowest BCUT2D eigenvalue weighted by molar-refractivity contribution is 0.0730. The summed E-state index contributed by atoms with van der Waals surface area (Å²) in [6.45, 7) is 1.30. The van der Waals surface area contributed by atoms with Gasteiger partial charge in [-0.2, -0.15) is 4.31 Å². The van der Waals surface area contributed by atoms with E-state index < -0.39 is 25.8 Å². The summed E-state index contributed by atoms with van der Waals surface area (Å²) in [6.07, 6.45) is 1.13. The predicted molar refractivity (Wildman–Crippen MR) is 117 cm³/mol. The molecule has 1 amide bonds. The van der Waals surface area contributed by atoms with Gasteiger partial charge in [0.15, 0.2) is 15.0 Å². The molecule has 0 aliphatic carbocycles. The largest absolute Gasteiger partial charge is 0.379 e. The smallest absolute Gasteiger partial charge is 0.257 e. The van der Waals surface area contributed by atoms with Crippen molar-refractivity contribution in [3.8, 4) is 0 Å². The van der Waals surface area contributed by atoms with E-state index in [1.165, 1.54) is 40.7 Å². The zero-order valence-corrected chi connectivity index (χ0v) is 18.9. The van der Waals surface area contributed by atoms with E-state index in [0.717, 1.165) is 17.6 Å². The first-order valence-electron chi connectivity index (χ1n) is 9.24. The fraction of sp³-hybridized carbons (Fsp3) is 0.263. The monoisotopic (exact) mass is 481 g/mol. The van der Waals surface area contributed by atoms with E-state index >= 15 is 0 Å². The first-order valence-corrected chi connectivity index (χ1v) is 13.4. The van der Waals surface area contributed by atoms with Crippen LogP contribution in [0, 0.1) is 0 Å². The minimum absolute atomic E-state index is 0.110. The second kappa shape index (κ2) is 8.28. The molecule has 31 heavy (non-hydrogen) atoms. The van der Waals surface area contributed by atoms with E-state index in [1.54, 1.807) is 6.07 Å². The Morgan fingerprint density at radius 2 is 1.68 bits per heavy atom. The van der Waals surface area contributed by atoms with E-state index in [2.05, 4.69) is 10.3 Å². The number of anilines is 1. The molecule has 1 aromatic heterocycles. The molecule has 0 unspecified atom stereocenters. The number of benzene rings is 2. The zero-order valence-electron chi connectivity index (χ0n) is 16.4. The number of ether oxygens (including phenoxy) is 1. The van der Waals surface area contributed by atoms with Gasteiger partial charge in [-0.25, -0.2) is 21.8 Å². The van der Waals surface area contributed by atoms with Gasteiger partial charge in [0.1, 0.15) is 0 Å². The van der Waals surface area contributed by atoms with Crippen molar-refractivity contribution in [1.29, 1.82) is 0 Å². The fourth-order valence-corrected chi connectivity index (χ4v) is 6.10. The summed E-state index contributed by atoms with van der Waals surface area (Å²) in [5, 5.41) is 2.99. The summed E-state index contributed by atoms with van der Waals surface area (Å²) in [5.74, 6) is -0.447. The van der Waals surface area contributed by atoms with Crippen LogP contribution in [0.15, 0.2) is 52.3 Å². The van der Waals surface area contributed by atoms with Gasteiger partial charge in [0, 0.05) is 24.9 Å². The van der Waals surface area contributed by atoms with Gasteiger partial charge in [-0.3, -0.25) is 10.1 Å². The molecule has 1 aliphatic rings. The standard InChI is InChI=1S/C19H19N3O6S3/c1-30(24,25)15-6-7-16-17(12-15)29-19(20-16)21-18(23)13-2-4-14(5-3-13)31(26,27)22-8-10-28-11-9-22/h2-7,12H,8-11H2,1H3,(H,20,21,23). The molecule has 0 bridgehead atoms. The molecule has 1 fully saturated rings. The normalized spacial score (nSPS) is 15.8. The molecule has 164 valence electrons. The van der Waals surface area contributed by atoms with E-state index in [-0.39, 0.29) is 15.4 Å². The maximum atomic E-state index is 12.7. The lowest BCUT2D eigenvalue weighted by Gasteiger charge is -2.26. The molecule has 3 aromatic rings. The number of carbonyl (C=O) groups is 1. The summed E-state index contributed by atoms with van der Waals surface area (Å²) in [6, 6.07) is 10.3. The van der Waals surface area contributed by atoms with Crippen LogP contribution in [-0.4, -0.2) is 64.6 Å². The summed E-state index contributed by atoms with van der Waals surface area (Å²) >= 11 is 1.15. The minimum Gasteiger partial charge on any atom is -0.379 e. The lowest BCUT2D eigenvalue weighted by atomic mass is 10.2. The molecule has 1 N–H and O–H groups in total. The Bertz CT molecular complexity index is 1340. The number of sulfonamides is 1. The number of amides is 1. The summed E-state index contributed by atoms with van der Waals surface area (Å²) < 4.78 is 55.9. The molecule has 1 aliphatic heterocycles. The Balaban J connectivity index is 1.51. The van der Waals surface area contributed by atoms with Crippen molar-refractivity contribution in [3.63, 3.8) is 0 Å². The number of rotatable bonds is 5. The van der Waals surface area contributed by atoms with Gasteiger partial charge in [0.25, 0.3) is 5.91 Å². The second-order valence-corrected chi connectivity index (χ2v) is 11.9. The van der Waals surface area contributed by atoms with Gasteiger partial charge in [-0.1, -0.05) is 11.3 Å². The average Bonchev–Trinajstić information content (AvgIpc) is 3.15. The quantitative estimate of drug-likeness (QED) is 0.591. The number of hydrogen-bond donors (Lipinski definition) is 1. The van der Waals surface area contributed by atoms with Gasteiger partial charge in [0.05, 0.1) is 33.2 Å². The number of morpholine rings is 1. The molecule has 1 saturated heterocycles. The molecule has 0 radical (unpaired) electrons. The molecule has 2 aromatic carbocycles. The van der Waals surface area contributed by atoms with Crippen molar-refractivity contribution >= 4 is 52.5 Å². The number of aromatic nitrogens is 1. The van der Waals surface area contributed by atoms with Crippen LogP contribution < -0.4 is 5.32 Å². The van der Waals surface area contributed by atoms with Gasteiger partial charge in [-0.15, -0.1) is 0 Å². The van der Waals surface area contributed by atoms with Crippen LogP contribution in [0.25, 0.3) is 10.2 Å². The summed E-state index contributed by atoms with van der Waals surface area (Å²) in [7, 11) is -6.98. The first kappa shape index (κ1) is 21.8. The third-order valence-corrected chi connectivity index (χ3v) is 8.69. The van der Waals surface area contributed by atoms with E-state index in [9.17, 15) is 21.6 Å². The van der Waals surface area contributed by atoms with Crippen LogP contribution in [0.1, 0.15) is 10.4 Å². The minimum atomic E-state index is -3.63. The third-order valence-electron chi connectivity index (χ3n) is 4.73. The number of carbonyl (C=O) groups excluding carboxylic acids is 1. The number of sulfone groups is 1. The van der Waals surface area contributed by atoms with Crippen LogP contribution in [0.4, 0.5) is 5.13 Å². The highest BCUT2D eigenvalue weighted by Crippen LogP contribution is 2.28. The van der Waals surface area contributed by atoms with Gasteiger partial charge >= 0.3 is 0 Å². The molecular weight excluding hydrogens is 462 g/mol. The van der Waals surface area contributed by atoms with Crippen molar-refractivity contribution in [1.82, 2.24) is 9.29 Å². The Morgan fingerprint density at radius 1 is 1.03 bits per heavy atom. The van der Waals surface area contributed by atoms with Crippen molar-refractivity contribution in [2.45, 2.75) is 9.79 Å². The highest BCUT2D eigenvalue weighted by atomic mass is 32.2. The highest BCUT2D eigenvalue weighted by Gasteiger charge is 2.26. The molecule has 12 heteroatoms. The first-order chi connectivity index (χ1) is 14.6. The van der Waals surface area contributed by atoms with E-state index in [1.807, 2.05) is 0 Å². The Labute approximate surface area is 183 Å². The highest BCUT2D eigenvalue weighted by molar-refractivity contribution is 7.90. The topological polar surface area (TPSA) is 123 Å². The van der Waals surface area contributed by atoms with Gasteiger partial charge in [0.2, 0.25) is 10.0 Å². The number of nitrogens with zero attached hydrogens (tertiary/aromatic N) is 2. The van der Waals surface area contributed by atoms with Crippen LogP contribution in [0.5, 0.6) is 0 Å². The summed E-state index contributed by atoms with van der Waals surface area (Å²) in [4.78, 5) is 17.1. The molecule has 2 heterocycles. The molecule has 0 spiro atoms. The van der Waals surface area contributed by atoms with Crippen LogP contribution in [0.2, 0.25) is 0 Å². The molecular formula is C19H19N3O6S3. The number of thiazole rings is 1. The number of nitrogens with one attached hydrogen (secondary N) is 1. The SMILES string of the molecule is CS(=O)(=O)c1ccc2nc(NC(=O)c3ccc(S(=O)(=O)N4CCOCC4)cc3)sc2c1. The van der Waals surface area contributed by atoms with E-state index in [4.69, 9.17) is 4.74 Å². The summed E-state index contributed by atoms with van der Waals surface area (Å²) in [5.41, 5.74) is 0.844. The van der Waals surface area contributed by atoms with Gasteiger partial charge < -0.3 is 4.74 Å². The molecule has 4 rings (SSSR count). The fourth-order valence-electron chi connectivity index (χ4n) is 3.07. The Hall–Kier alpha value is -2.38. The zero-order chi connectivity index (χ0) is 22.2. The van der Waals surface area contributed by atoms with Crippen LogP contribution in [-0.2, 0) is 24.6 Å². The van der Waals surface area contributed by atoms with Crippen molar-refractivity contribution in [3.05, 3.63) is 48.0 Å². The predicted octanol–water partition coefficient (Wildman–Crippen LogP) is 1.97. The van der Waals surface area contributed by atoms with Crippen molar-refractivity contribution < 1.29 is 26.4 Å². The van der Waals surface area contributed by atoms with Crippen molar-refractivity contribution in [2.24, 2.45) is 0 Å². The van der Waals surface area contributed by atoms with Crippen LogP contribution in [0.3, 0.4) is 0 Å². The third kappa shape index (κ3) is 4.62. The maximum Gasteiger partial charge on any atom is 0.257 e. The average molecular weight is 482 g/mol.